The zero-order valence-corrected chi connectivity index (χ0v) is 18.0. The summed E-state index contributed by atoms with van der Waals surface area (Å²) in [5.74, 6) is 0.189. The Morgan fingerprint density at radius 3 is 2.57 bits per heavy atom. The van der Waals surface area contributed by atoms with Gasteiger partial charge in [0.25, 0.3) is 0 Å². The maximum atomic E-state index is 12.0. The average Bonchev–Trinajstić information content (AvgIpc) is 2.88. The van der Waals surface area contributed by atoms with E-state index in [1.807, 2.05) is 18.9 Å². The second kappa shape index (κ2) is 9.08. The number of nitrogens with zero attached hydrogens (tertiary/aromatic N) is 2. The van der Waals surface area contributed by atoms with E-state index in [0.717, 1.165) is 24.0 Å². The molecule has 1 atom stereocenters. The van der Waals surface area contributed by atoms with Crippen LogP contribution in [-0.4, -0.2) is 62.2 Å². The number of carbonyl (C=O) groups excluding carboxylic acids is 1. The molecule has 0 saturated carbocycles. The van der Waals surface area contributed by atoms with Crippen LogP contribution < -0.4 is 5.32 Å². The van der Waals surface area contributed by atoms with Gasteiger partial charge in [0.1, 0.15) is 6.73 Å². The van der Waals surface area contributed by atoms with Crippen molar-refractivity contribution in [3.05, 3.63) is 11.4 Å². The lowest BCUT2D eigenvalue weighted by Gasteiger charge is -2.30. The first kappa shape index (κ1) is 20.5. The second-order valence-corrected chi connectivity index (χ2v) is 14.1. The van der Waals surface area contributed by atoms with Crippen LogP contribution in [0.2, 0.25) is 25.7 Å². The van der Waals surface area contributed by atoms with E-state index in [1.54, 1.807) is 0 Å². The number of hydrogen-bond acceptors (Lipinski definition) is 4. The Kier molecular flexibility index (Phi) is 8.10. The summed E-state index contributed by atoms with van der Waals surface area (Å²) in [7, 11) is 0.843. The van der Waals surface area contributed by atoms with E-state index in [9.17, 15) is 4.79 Å². The summed E-state index contributed by atoms with van der Waals surface area (Å²) < 4.78 is 5.93. The molecular formula is C16H32BrN3O2Si. The molecule has 5 nitrogen and oxygen atoms in total. The molecule has 0 radical (unpaired) electrons. The lowest BCUT2D eigenvalue weighted by molar-refractivity contribution is -0.129. The minimum Gasteiger partial charge on any atom is -0.389 e. The van der Waals surface area contributed by atoms with E-state index >= 15 is 0 Å². The van der Waals surface area contributed by atoms with Gasteiger partial charge in [0, 0.05) is 28.1 Å². The molecule has 0 aromatic carbocycles. The van der Waals surface area contributed by atoms with Gasteiger partial charge in [0.2, 0.25) is 5.91 Å². The number of amides is 1. The molecule has 7 heteroatoms. The molecule has 1 rings (SSSR count). The lowest BCUT2D eigenvalue weighted by atomic mass is 10.3. The SMILES string of the molecule is CCC(=O)N1CC(NC)=C(N(COCC[Si](C)(C)C)C(C)Br)C1. The summed E-state index contributed by atoms with van der Waals surface area (Å²) in [4.78, 5) is 16.2. The molecule has 0 aliphatic carbocycles. The van der Waals surface area contributed by atoms with Gasteiger partial charge in [-0.1, -0.05) is 42.5 Å². The third-order valence-corrected chi connectivity index (χ3v) is 6.20. The van der Waals surface area contributed by atoms with Crippen molar-refractivity contribution in [1.82, 2.24) is 15.1 Å². The van der Waals surface area contributed by atoms with Crippen molar-refractivity contribution in [2.75, 3.05) is 33.5 Å². The van der Waals surface area contributed by atoms with Crippen LogP contribution in [0.15, 0.2) is 11.4 Å². The molecule has 0 bridgehead atoms. The second-order valence-electron chi connectivity index (χ2n) is 7.17. The van der Waals surface area contributed by atoms with Gasteiger partial charge in [-0.2, -0.15) is 0 Å². The molecule has 23 heavy (non-hydrogen) atoms. The summed E-state index contributed by atoms with van der Waals surface area (Å²) in [6.07, 6.45) is 0.543. The standard InChI is InChI=1S/C16H32BrN3O2Si/c1-7-16(21)19-10-14(18-3)15(11-19)20(13(2)17)12-22-8-9-23(4,5)6/h13,18H,7-12H2,1-6H3. The molecule has 1 N–H and O–H groups in total. The number of halogens is 1. The number of alkyl halides is 1. The highest BCUT2D eigenvalue weighted by atomic mass is 79.9. The highest BCUT2D eigenvalue weighted by Gasteiger charge is 2.29. The molecule has 1 aliphatic rings. The number of nitrogens with one attached hydrogen (secondary N) is 1. The molecule has 0 aromatic heterocycles. The van der Waals surface area contributed by atoms with Crippen molar-refractivity contribution in [3.8, 4) is 0 Å². The fraction of sp³-hybridized carbons (Fsp3) is 0.812. The summed E-state index contributed by atoms with van der Waals surface area (Å²) in [5, 5.41) is 3.25. The van der Waals surface area contributed by atoms with Crippen LogP contribution in [-0.2, 0) is 9.53 Å². The van der Waals surface area contributed by atoms with Crippen molar-refractivity contribution in [3.63, 3.8) is 0 Å². The van der Waals surface area contributed by atoms with Crippen LogP contribution in [0.1, 0.15) is 20.3 Å². The molecule has 1 aliphatic heterocycles. The van der Waals surface area contributed by atoms with Crippen molar-refractivity contribution < 1.29 is 9.53 Å². The first-order chi connectivity index (χ1) is 10.7. The zero-order valence-electron chi connectivity index (χ0n) is 15.4. The number of carbonyl (C=O) groups is 1. The summed E-state index contributed by atoms with van der Waals surface area (Å²) in [5.41, 5.74) is 2.25. The van der Waals surface area contributed by atoms with Crippen LogP contribution in [0.3, 0.4) is 0 Å². The Hall–Kier alpha value is -0.533. The summed E-state index contributed by atoms with van der Waals surface area (Å²) in [6, 6.07) is 1.16. The number of likely N-dealkylation sites (N-methyl/N-ethyl adjacent to an activating group) is 1. The third-order valence-electron chi connectivity index (χ3n) is 4.00. The van der Waals surface area contributed by atoms with Gasteiger partial charge in [-0.3, -0.25) is 4.79 Å². The van der Waals surface area contributed by atoms with Crippen LogP contribution in [0.4, 0.5) is 0 Å². The van der Waals surface area contributed by atoms with Crippen LogP contribution in [0.25, 0.3) is 0 Å². The van der Waals surface area contributed by atoms with E-state index in [2.05, 4.69) is 52.7 Å². The summed E-state index contributed by atoms with van der Waals surface area (Å²) >= 11 is 3.66. The van der Waals surface area contributed by atoms with E-state index in [4.69, 9.17) is 4.74 Å². The van der Waals surface area contributed by atoms with Gasteiger partial charge >= 0.3 is 0 Å². The maximum absolute atomic E-state index is 12.0. The predicted octanol–water partition coefficient (Wildman–Crippen LogP) is 3.02. The van der Waals surface area contributed by atoms with Crippen molar-refractivity contribution >= 4 is 29.9 Å². The maximum Gasteiger partial charge on any atom is 0.222 e. The Labute approximate surface area is 150 Å². The highest BCUT2D eigenvalue weighted by Crippen LogP contribution is 2.24. The normalized spacial score (nSPS) is 16.7. The molecule has 1 heterocycles. The topological polar surface area (TPSA) is 44.8 Å². The Bertz CT molecular complexity index is 436. The van der Waals surface area contributed by atoms with Gasteiger partial charge in [0.05, 0.1) is 29.4 Å². The Balaban J connectivity index is 2.70. The van der Waals surface area contributed by atoms with Crippen LogP contribution in [0, 0.1) is 0 Å². The van der Waals surface area contributed by atoms with Crippen LogP contribution >= 0.6 is 15.9 Å². The van der Waals surface area contributed by atoms with Gasteiger partial charge in [0.15, 0.2) is 0 Å². The summed E-state index contributed by atoms with van der Waals surface area (Å²) in [6.45, 7) is 13.7. The fourth-order valence-corrected chi connectivity index (χ4v) is 3.56. The first-order valence-electron chi connectivity index (χ1n) is 8.35. The average molecular weight is 406 g/mol. The number of hydrogen-bond donors (Lipinski definition) is 1. The number of ether oxygens (including phenoxy) is 1. The van der Waals surface area contributed by atoms with E-state index in [1.165, 1.54) is 0 Å². The molecule has 134 valence electrons. The number of rotatable bonds is 9. The minimum absolute atomic E-state index is 0.157. The fourth-order valence-electron chi connectivity index (χ4n) is 2.44. The van der Waals surface area contributed by atoms with Crippen LogP contribution in [0.5, 0.6) is 0 Å². The molecular weight excluding hydrogens is 374 g/mol. The molecule has 0 spiro atoms. The van der Waals surface area contributed by atoms with Gasteiger partial charge in [-0.25, -0.2) is 0 Å². The largest absolute Gasteiger partial charge is 0.389 e. The predicted molar refractivity (Wildman–Crippen MR) is 102 cm³/mol. The molecule has 0 fully saturated rings. The van der Waals surface area contributed by atoms with Gasteiger partial charge in [-0.15, -0.1) is 0 Å². The van der Waals surface area contributed by atoms with E-state index < -0.39 is 8.07 Å². The Morgan fingerprint density at radius 1 is 1.43 bits per heavy atom. The highest BCUT2D eigenvalue weighted by molar-refractivity contribution is 9.09. The van der Waals surface area contributed by atoms with Crippen molar-refractivity contribution in [2.24, 2.45) is 0 Å². The molecule has 0 aromatic rings. The monoisotopic (exact) mass is 405 g/mol. The lowest BCUT2D eigenvalue weighted by Crippen LogP contribution is -2.36. The van der Waals surface area contributed by atoms with Crippen molar-refractivity contribution in [2.45, 2.75) is 50.9 Å². The smallest absolute Gasteiger partial charge is 0.222 e. The Morgan fingerprint density at radius 2 is 2.09 bits per heavy atom. The van der Waals surface area contributed by atoms with E-state index in [-0.39, 0.29) is 10.9 Å². The first-order valence-corrected chi connectivity index (χ1v) is 13.0. The molecule has 1 unspecified atom stereocenters. The zero-order chi connectivity index (χ0) is 17.6. The quantitative estimate of drug-likeness (QED) is 0.210. The van der Waals surface area contributed by atoms with Gasteiger partial charge < -0.3 is 19.9 Å². The van der Waals surface area contributed by atoms with Gasteiger partial charge in [-0.05, 0) is 13.0 Å². The molecule has 0 saturated heterocycles. The minimum atomic E-state index is -1.07. The third kappa shape index (κ3) is 6.47. The van der Waals surface area contributed by atoms with Crippen molar-refractivity contribution in [1.29, 1.82) is 0 Å². The van der Waals surface area contributed by atoms with E-state index in [0.29, 0.717) is 26.2 Å². The molecule has 1 amide bonds.